The van der Waals surface area contributed by atoms with Crippen LogP contribution in [0.15, 0.2) is 61.2 Å². The number of amides is 1. The molecule has 1 aromatic heterocycles. The number of aromatic nitrogens is 2. The number of hydrogen-bond donors (Lipinski definition) is 1. The largest absolute Gasteiger partial charge is 0.416 e. The summed E-state index contributed by atoms with van der Waals surface area (Å²) in [5.74, 6) is 0.835. The molecule has 0 radical (unpaired) electrons. The minimum absolute atomic E-state index is 0.0289. The number of alkyl halides is 3. The molecule has 0 aliphatic carbocycles. The molecule has 3 aromatic rings. The van der Waals surface area contributed by atoms with Gasteiger partial charge in [-0.15, -0.1) is 0 Å². The molecule has 1 aliphatic rings. The summed E-state index contributed by atoms with van der Waals surface area (Å²) in [7, 11) is 0. The topological polar surface area (TPSA) is 58.1 Å². The predicted octanol–water partition coefficient (Wildman–Crippen LogP) is 4.20. The molecule has 2 aromatic carbocycles. The molecule has 2 heterocycles. The number of nitrogens with one attached hydrogen (secondary N) is 1. The van der Waals surface area contributed by atoms with Crippen molar-refractivity contribution in [3.63, 3.8) is 0 Å². The highest BCUT2D eigenvalue weighted by Gasteiger charge is 2.30. The van der Waals surface area contributed by atoms with Crippen molar-refractivity contribution < 1.29 is 18.0 Å². The van der Waals surface area contributed by atoms with Gasteiger partial charge in [-0.1, -0.05) is 30.8 Å². The van der Waals surface area contributed by atoms with Gasteiger partial charge in [0.05, 0.1) is 11.1 Å². The van der Waals surface area contributed by atoms with Crippen LogP contribution >= 0.6 is 0 Å². The van der Waals surface area contributed by atoms with Gasteiger partial charge in [-0.25, -0.2) is 9.97 Å². The first-order chi connectivity index (χ1) is 14.3. The zero-order chi connectivity index (χ0) is 21.3. The third-order valence-electron chi connectivity index (χ3n) is 5.07. The van der Waals surface area contributed by atoms with E-state index in [1.165, 1.54) is 18.2 Å². The van der Waals surface area contributed by atoms with E-state index in [0.717, 1.165) is 23.9 Å². The first-order valence-electron chi connectivity index (χ1n) is 9.47. The Balaban J connectivity index is 1.70. The zero-order valence-electron chi connectivity index (χ0n) is 16.0. The minimum Gasteiger partial charge on any atom is -0.354 e. The number of nitrogens with zero attached hydrogens (tertiary/aromatic N) is 3. The van der Waals surface area contributed by atoms with E-state index >= 15 is 0 Å². The number of para-hydroxylation sites is 1. The van der Waals surface area contributed by atoms with Gasteiger partial charge >= 0.3 is 6.18 Å². The molecule has 1 saturated heterocycles. The number of carbonyl (C=O) groups is 1. The van der Waals surface area contributed by atoms with Gasteiger partial charge in [0.2, 0.25) is 5.91 Å². The fourth-order valence-electron chi connectivity index (χ4n) is 3.57. The van der Waals surface area contributed by atoms with Gasteiger partial charge in [-0.2, -0.15) is 13.2 Å². The van der Waals surface area contributed by atoms with Gasteiger partial charge in [0.25, 0.3) is 0 Å². The highest BCUT2D eigenvalue weighted by Crippen LogP contribution is 2.32. The molecule has 0 saturated carbocycles. The lowest BCUT2D eigenvalue weighted by Gasteiger charge is -2.20. The fraction of sp³-hybridized carbons (Fsp3) is 0.227. The number of anilines is 1. The average Bonchev–Trinajstić information content (AvgIpc) is 3.20. The number of hydrogen-bond acceptors (Lipinski definition) is 4. The molecule has 0 bridgehead atoms. The quantitative estimate of drug-likeness (QED) is 0.653. The van der Waals surface area contributed by atoms with Crippen LogP contribution in [0.3, 0.4) is 0 Å². The Bertz CT molecular complexity index is 1100. The Kier molecular flexibility index (Phi) is 5.15. The third-order valence-corrected chi connectivity index (χ3v) is 5.07. The molecule has 154 valence electrons. The van der Waals surface area contributed by atoms with Crippen molar-refractivity contribution in [2.75, 3.05) is 18.0 Å². The molecule has 1 N–H and O–H groups in total. The second-order valence-electron chi connectivity index (χ2n) is 7.11. The molecule has 8 heteroatoms. The summed E-state index contributed by atoms with van der Waals surface area (Å²) < 4.78 is 38.6. The molecule has 5 nitrogen and oxygen atoms in total. The van der Waals surface area contributed by atoms with Gasteiger partial charge in [0.15, 0.2) is 5.82 Å². The van der Waals surface area contributed by atoms with Crippen molar-refractivity contribution in [1.82, 2.24) is 15.3 Å². The Hall–Kier alpha value is -3.42. The highest BCUT2D eigenvalue weighted by molar-refractivity contribution is 5.91. The summed E-state index contributed by atoms with van der Waals surface area (Å²) in [6.45, 7) is 4.74. The van der Waals surface area contributed by atoms with Crippen molar-refractivity contribution >= 4 is 22.6 Å². The SMILES string of the molecule is C=CC(=O)NC1CCN(c2nc(-c3ccc(C(F)(F)F)cc3)nc3ccccc23)C1. The molecule has 4 rings (SSSR count). The molecule has 1 unspecified atom stereocenters. The number of carbonyl (C=O) groups excluding carboxylic acids is 1. The number of fused-ring (bicyclic) bond motifs is 1. The van der Waals surface area contributed by atoms with Gasteiger partial charge in [0.1, 0.15) is 5.82 Å². The Morgan fingerprint density at radius 2 is 1.87 bits per heavy atom. The molecular weight excluding hydrogens is 393 g/mol. The van der Waals surface area contributed by atoms with E-state index in [1.807, 2.05) is 24.3 Å². The summed E-state index contributed by atoms with van der Waals surface area (Å²) >= 11 is 0. The zero-order valence-corrected chi connectivity index (χ0v) is 16.0. The van der Waals surface area contributed by atoms with E-state index in [1.54, 1.807) is 0 Å². The van der Waals surface area contributed by atoms with E-state index in [-0.39, 0.29) is 11.9 Å². The van der Waals surface area contributed by atoms with Crippen molar-refractivity contribution in [3.8, 4) is 11.4 Å². The lowest BCUT2D eigenvalue weighted by atomic mass is 10.1. The van der Waals surface area contributed by atoms with Gasteiger partial charge < -0.3 is 10.2 Å². The molecule has 1 aliphatic heterocycles. The monoisotopic (exact) mass is 412 g/mol. The number of rotatable bonds is 4. The first-order valence-corrected chi connectivity index (χ1v) is 9.47. The molecule has 0 spiro atoms. The molecule has 1 fully saturated rings. The van der Waals surface area contributed by atoms with E-state index in [0.29, 0.717) is 35.8 Å². The van der Waals surface area contributed by atoms with Crippen molar-refractivity contribution in [2.24, 2.45) is 0 Å². The van der Waals surface area contributed by atoms with Crippen LogP contribution < -0.4 is 10.2 Å². The van der Waals surface area contributed by atoms with E-state index in [2.05, 4.69) is 26.8 Å². The van der Waals surface area contributed by atoms with E-state index < -0.39 is 11.7 Å². The van der Waals surface area contributed by atoms with E-state index in [4.69, 9.17) is 0 Å². The Morgan fingerprint density at radius 1 is 1.13 bits per heavy atom. The normalized spacial score (nSPS) is 16.6. The lowest BCUT2D eigenvalue weighted by Crippen LogP contribution is -2.36. The second kappa shape index (κ2) is 7.78. The molecule has 1 amide bonds. The van der Waals surface area contributed by atoms with Gasteiger partial charge in [0, 0.05) is 30.1 Å². The molecular formula is C22H19F3N4O. The summed E-state index contributed by atoms with van der Waals surface area (Å²) in [6.07, 6.45) is -2.40. The van der Waals surface area contributed by atoms with Crippen molar-refractivity contribution in [3.05, 3.63) is 66.7 Å². The maximum atomic E-state index is 12.9. The maximum absolute atomic E-state index is 12.9. The fourth-order valence-corrected chi connectivity index (χ4v) is 3.57. The Labute approximate surface area is 171 Å². The maximum Gasteiger partial charge on any atom is 0.416 e. The molecule has 30 heavy (non-hydrogen) atoms. The summed E-state index contributed by atoms with van der Waals surface area (Å²) in [5.41, 5.74) is 0.495. The summed E-state index contributed by atoms with van der Waals surface area (Å²) in [5, 5.41) is 3.75. The van der Waals surface area contributed by atoms with Crippen LogP contribution in [-0.2, 0) is 11.0 Å². The second-order valence-corrected chi connectivity index (χ2v) is 7.11. The first kappa shape index (κ1) is 19.9. The van der Waals surface area contributed by atoms with Gasteiger partial charge in [-0.05, 0) is 36.8 Å². The third kappa shape index (κ3) is 3.98. The standard InChI is InChI=1S/C22H19F3N4O/c1-2-19(30)26-16-11-12-29(13-16)21-17-5-3-4-6-18(17)27-20(28-21)14-7-9-15(10-8-14)22(23,24)25/h2-10,16H,1,11-13H2,(H,26,30). The predicted molar refractivity (Wildman–Crippen MR) is 109 cm³/mol. The van der Waals surface area contributed by atoms with Crippen LogP contribution in [0.5, 0.6) is 0 Å². The summed E-state index contributed by atoms with van der Waals surface area (Å²) in [4.78, 5) is 22.9. The van der Waals surface area contributed by atoms with Crippen LogP contribution in [0.2, 0.25) is 0 Å². The average molecular weight is 412 g/mol. The van der Waals surface area contributed by atoms with E-state index in [9.17, 15) is 18.0 Å². The van der Waals surface area contributed by atoms with Gasteiger partial charge in [-0.3, -0.25) is 4.79 Å². The van der Waals surface area contributed by atoms with Crippen LogP contribution in [0.1, 0.15) is 12.0 Å². The lowest BCUT2D eigenvalue weighted by molar-refractivity contribution is -0.137. The van der Waals surface area contributed by atoms with Crippen LogP contribution in [0.25, 0.3) is 22.3 Å². The summed E-state index contributed by atoms with van der Waals surface area (Å²) in [6, 6.07) is 12.3. The Morgan fingerprint density at radius 3 is 2.57 bits per heavy atom. The van der Waals surface area contributed by atoms with Crippen molar-refractivity contribution in [1.29, 1.82) is 0 Å². The number of halogens is 3. The molecule has 1 atom stereocenters. The van der Waals surface area contributed by atoms with Crippen molar-refractivity contribution in [2.45, 2.75) is 18.6 Å². The van der Waals surface area contributed by atoms with Crippen LogP contribution in [-0.4, -0.2) is 35.0 Å². The smallest absolute Gasteiger partial charge is 0.354 e. The van der Waals surface area contributed by atoms with Crippen LogP contribution in [0.4, 0.5) is 19.0 Å². The van der Waals surface area contributed by atoms with Crippen LogP contribution in [0, 0.1) is 0 Å². The minimum atomic E-state index is -4.39. The highest BCUT2D eigenvalue weighted by atomic mass is 19.4. The number of benzene rings is 2.